The predicted molar refractivity (Wildman–Crippen MR) is 270 cm³/mol. The van der Waals surface area contributed by atoms with E-state index in [4.69, 9.17) is 38.9 Å². The topological polar surface area (TPSA) is 299 Å². The third-order valence-corrected chi connectivity index (χ3v) is 18.5. The summed E-state index contributed by atoms with van der Waals surface area (Å²) in [5, 5.41) is 86.7. The summed E-state index contributed by atoms with van der Waals surface area (Å²) in [6.45, 7) is -1.24. The van der Waals surface area contributed by atoms with Gasteiger partial charge >= 0.3 is 11.9 Å². The minimum Gasteiger partial charge on any atom is -0.487 e. The first kappa shape index (κ1) is 49.1. The Morgan fingerprint density at radius 1 is 0.923 bits per heavy atom. The van der Waals surface area contributed by atoms with Gasteiger partial charge in [-0.05, 0) is 79.5 Å². The van der Waals surface area contributed by atoms with Crippen LogP contribution in [0.25, 0.3) is 10.9 Å². The lowest BCUT2D eigenvalue weighted by Crippen LogP contribution is -2.80. The summed E-state index contributed by atoms with van der Waals surface area (Å²) < 4.78 is 49.0. The summed E-state index contributed by atoms with van der Waals surface area (Å²) in [6, 6.07) is 16.7. The molecular weight excluding hydrogens is 1010 g/mol. The highest BCUT2D eigenvalue weighted by molar-refractivity contribution is 5.97. The summed E-state index contributed by atoms with van der Waals surface area (Å²) >= 11 is 0. The Kier molecular flexibility index (Phi) is 11.3. The second kappa shape index (κ2) is 17.9. The number of aliphatic hydroxyl groups excluding tert-OH is 5. The maximum Gasteiger partial charge on any atom is 0.333 e. The number of rotatable bonds is 7. The molecule has 2 spiro atoms. The van der Waals surface area contributed by atoms with E-state index in [2.05, 4.69) is 34.0 Å². The monoisotopic (exact) mass is 1060 g/mol. The molecular formula is C58H56N4O16. The molecule has 2 aromatic heterocycles. The fraction of sp³-hybridized carbons (Fsp3) is 0.448. The van der Waals surface area contributed by atoms with Gasteiger partial charge in [0.15, 0.2) is 35.6 Å². The Morgan fingerprint density at radius 3 is 2.56 bits per heavy atom. The number of H-pyrrole nitrogens is 1. The largest absolute Gasteiger partial charge is 0.487 e. The van der Waals surface area contributed by atoms with Crippen LogP contribution in [0.15, 0.2) is 79.3 Å². The number of hydrogen-bond acceptors (Lipinski definition) is 17. The summed E-state index contributed by atoms with van der Waals surface area (Å²) in [6.07, 6.45) is -3.95. The molecule has 17 atom stereocenters. The van der Waals surface area contributed by atoms with Crippen LogP contribution in [0, 0.1) is 46.9 Å². The highest BCUT2D eigenvalue weighted by Crippen LogP contribution is 2.70. The van der Waals surface area contributed by atoms with Crippen molar-refractivity contribution in [2.75, 3.05) is 13.4 Å². The highest BCUT2D eigenvalue weighted by atomic mass is 16.7. The van der Waals surface area contributed by atoms with Crippen LogP contribution in [-0.4, -0.2) is 125 Å². The van der Waals surface area contributed by atoms with E-state index in [9.17, 15) is 45.3 Å². The molecule has 8 aliphatic heterocycles. The van der Waals surface area contributed by atoms with Gasteiger partial charge in [0.25, 0.3) is 0 Å². The van der Waals surface area contributed by atoms with Gasteiger partial charge in [0.2, 0.25) is 18.0 Å². The van der Waals surface area contributed by atoms with Crippen molar-refractivity contribution in [2.24, 2.45) is 28.9 Å². The van der Waals surface area contributed by atoms with Gasteiger partial charge in [-0.2, -0.15) is 0 Å². The molecule has 78 heavy (non-hydrogen) atoms. The van der Waals surface area contributed by atoms with Crippen molar-refractivity contribution in [1.29, 1.82) is 0 Å². The Hall–Kier alpha value is -7.24. The lowest BCUT2D eigenvalue weighted by Gasteiger charge is -2.60. The molecule has 2 aliphatic carbocycles. The van der Waals surface area contributed by atoms with Crippen molar-refractivity contribution in [3.05, 3.63) is 113 Å². The maximum absolute atomic E-state index is 14.1. The average molecular weight is 1070 g/mol. The number of carbonyl (C=O) groups is 2. The van der Waals surface area contributed by atoms with Gasteiger partial charge in [0, 0.05) is 58.4 Å². The number of aliphatic hydroxyl groups is 6. The molecule has 15 rings (SSSR count). The van der Waals surface area contributed by atoms with Gasteiger partial charge in [0.1, 0.15) is 54.8 Å². The van der Waals surface area contributed by atoms with Crippen LogP contribution in [0.2, 0.25) is 0 Å². The highest BCUT2D eigenvalue weighted by Gasteiger charge is 2.76. The number of carbonyl (C=O) groups excluding carboxylic acids is 1. The quantitative estimate of drug-likeness (QED) is 0.0485. The summed E-state index contributed by atoms with van der Waals surface area (Å²) in [5.41, 5.74) is 5.22. The van der Waals surface area contributed by atoms with Crippen LogP contribution in [0.5, 0.6) is 28.7 Å². The van der Waals surface area contributed by atoms with Crippen molar-refractivity contribution in [2.45, 2.75) is 123 Å². The zero-order chi connectivity index (χ0) is 53.6. The van der Waals surface area contributed by atoms with E-state index in [1.807, 2.05) is 53.2 Å². The van der Waals surface area contributed by atoms with Crippen LogP contribution in [0.3, 0.4) is 0 Å². The normalized spacial score (nSPS) is 37.0. The van der Waals surface area contributed by atoms with Crippen molar-refractivity contribution in [3.8, 4) is 52.4 Å². The van der Waals surface area contributed by atoms with Gasteiger partial charge in [0.05, 0.1) is 29.7 Å². The number of carboxylic acid groups (broad SMARTS) is 1. The number of benzene rings is 3. The maximum atomic E-state index is 14.1. The number of aromatic amines is 1. The molecule has 1 saturated heterocycles. The number of nitrogens with two attached hydrogens (primary N) is 1. The number of nitrogens with zero attached hydrogens (tertiary/aromatic N) is 1. The van der Waals surface area contributed by atoms with Crippen LogP contribution < -0.4 is 34.7 Å². The Bertz CT molecular complexity index is 3470. The fourth-order valence-corrected chi connectivity index (χ4v) is 15.0. The number of ether oxygens (including phenoxy) is 7. The van der Waals surface area contributed by atoms with Gasteiger partial charge < -0.3 is 89.5 Å². The molecule has 3 fully saturated rings. The number of esters is 1. The zero-order valence-electron chi connectivity index (χ0n) is 41.8. The van der Waals surface area contributed by atoms with Gasteiger partial charge in [-0.25, -0.2) is 0 Å². The van der Waals surface area contributed by atoms with E-state index < -0.39 is 114 Å². The Morgan fingerprint density at radius 2 is 1.76 bits per heavy atom. The van der Waals surface area contributed by atoms with Crippen molar-refractivity contribution in [1.82, 2.24) is 14.9 Å². The van der Waals surface area contributed by atoms with E-state index in [1.54, 1.807) is 18.3 Å². The summed E-state index contributed by atoms with van der Waals surface area (Å²) in [7, 11) is 0. The lowest BCUT2D eigenvalue weighted by molar-refractivity contribution is -0.379. The number of aromatic nitrogens is 2. The smallest absolute Gasteiger partial charge is 0.333 e. The first-order chi connectivity index (χ1) is 37.8. The third kappa shape index (κ3) is 6.85. The average Bonchev–Trinajstić information content (AvgIpc) is 2.74. The van der Waals surface area contributed by atoms with E-state index in [0.717, 1.165) is 10.9 Å². The molecule has 20 nitrogen and oxygen atoms in total. The third-order valence-electron chi connectivity index (χ3n) is 18.5. The SMILES string of the molecule is NC1NC=CC23OC4Oc5cc6c(c(Cn7cc8cc[nH]c8c7CO)c5C5CCC(C#CC(C(=O)O)C(=O)OC12)C1CCC5(C1)C4(O)C(O)C3O)C1Oc2c3ccc(OCO)c2OCC(O)C#CC(c2ccccc2)C(O6)C31. The van der Waals surface area contributed by atoms with Crippen molar-refractivity contribution in [3.63, 3.8) is 0 Å². The molecule has 404 valence electrons. The van der Waals surface area contributed by atoms with Crippen molar-refractivity contribution >= 4 is 22.8 Å². The van der Waals surface area contributed by atoms with E-state index in [1.165, 1.54) is 12.3 Å². The summed E-state index contributed by atoms with van der Waals surface area (Å²) in [4.78, 5) is 30.2. The molecule has 11 N–H and O–H groups in total. The van der Waals surface area contributed by atoms with Gasteiger partial charge in [-0.15, -0.1) is 0 Å². The van der Waals surface area contributed by atoms with E-state index in [-0.39, 0.29) is 62.2 Å². The fourth-order valence-electron chi connectivity index (χ4n) is 15.0. The minimum absolute atomic E-state index is 0.0699. The molecule has 20 heteroatoms. The molecule has 10 aliphatic rings. The molecule has 3 aromatic carbocycles. The molecule has 10 bridgehead atoms. The van der Waals surface area contributed by atoms with Crippen LogP contribution in [-0.2, 0) is 32.2 Å². The van der Waals surface area contributed by atoms with E-state index in [0.29, 0.717) is 57.8 Å². The van der Waals surface area contributed by atoms with Crippen LogP contribution >= 0.6 is 0 Å². The predicted octanol–water partition coefficient (Wildman–Crippen LogP) is 2.61. The van der Waals surface area contributed by atoms with Crippen LogP contribution in [0.1, 0.15) is 89.5 Å². The van der Waals surface area contributed by atoms with Gasteiger partial charge in [-0.3, -0.25) is 9.59 Å². The molecule has 5 aromatic rings. The number of hydrogen-bond donors (Lipinski definition) is 10. The first-order valence-corrected chi connectivity index (χ1v) is 26.4. The standard InChI is InChI=1S/C58H56N4O16/c59-52-51-57(17-19-61-52)49(66)50(67)58(71)55(78-57)75-39-20-40-42(48-43-33-11-13-38(73-26-64)47(46(33)76-48)72-25-31(65)8-10-32(45(43)74-40)28-4-2-1-3-5-28)35(23-62-22-30-15-18-60-44(30)37(62)24-63)41(39)36-12-7-27(29-14-16-56(36,58)21-29)6-9-34(53(68)69)54(70)77-51/h1-5,11,13,15,17-20,22,27,29,31-32,34,36,43,45,48-52,55,60-61,63-67,71H,7,12,14,16,21,23-26,59H2,(H,68,69). The summed E-state index contributed by atoms with van der Waals surface area (Å²) in [5.74, 6) is 5.81. The number of carboxylic acids is 1. The first-order valence-electron chi connectivity index (χ1n) is 26.4. The van der Waals surface area contributed by atoms with Crippen molar-refractivity contribution < 1.29 is 78.5 Å². The van der Waals surface area contributed by atoms with E-state index >= 15 is 0 Å². The Labute approximate surface area is 445 Å². The molecule has 10 heterocycles. The molecule has 17 unspecified atom stereocenters. The minimum atomic E-state index is -2.41. The second-order valence-corrected chi connectivity index (χ2v) is 22.1. The number of fused-ring (bicyclic) bond motifs is 9. The Balaban J connectivity index is 1.06. The molecule has 2 saturated carbocycles. The second-order valence-electron chi connectivity index (χ2n) is 22.1. The number of nitrogens with one attached hydrogen (secondary N) is 2. The molecule has 0 radical (unpaired) electrons. The molecule has 0 amide bonds. The van der Waals surface area contributed by atoms with Gasteiger partial charge in [-0.1, -0.05) is 60.1 Å². The zero-order valence-corrected chi connectivity index (χ0v) is 41.8. The lowest BCUT2D eigenvalue weighted by atomic mass is 9.55. The number of aliphatic carboxylic acids is 1. The van der Waals surface area contributed by atoms with Crippen LogP contribution in [0.4, 0.5) is 0 Å².